The zero-order valence-electron chi connectivity index (χ0n) is 6.59. The van der Waals surface area contributed by atoms with E-state index in [9.17, 15) is 0 Å². The lowest BCUT2D eigenvalue weighted by molar-refractivity contribution is 0.509. The Labute approximate surface area is 68.2 Å². The Morgan fingerprint density at radius 2 is 1.82 bits per heavy atom. The van der Waals surface area contributed by atoms with Crippen LogP contribution in [0.3, 0.4) is 0 Å². The molecule has 0 aliphatic rings. The highest BCUT2D eigenvalue weighted by atomic mass is 31.1. The summed E-state index contributed by atoms with van der Waals surface area (Å²) in [6.07, 6.45) is 0. The zero-order valence-corrected chi connectivity index (χ0v) is 7.59. The van der Waals surface area contributed by atoms with E-state index in [-0.39, 0.29) is 0 Å². The van der Waals surface area contributed by atoms with Crippen molar-refractivity contribution in [2.45, 2.75) is 13.8 Å². The van der Waals surface area contributed by atoms with E-state index in [0.29, 0.717) is 0 Å². The maximum absolute atomic E-state index is 8.57. The average Bonchev–Trinajstić information content (AvgIpc) is 1.97. The number of aryl methyl sites for hydroxylation is 2. The van der Waals surface area contributed by atoms with Crippen LogP contribution in [0, 0.1) is 13.8 Å². The molecular weight excluding hydrogens is 159 g/mol. The molecule has 0 aliphatic heterocycles. The lowest BCUT2D eigenvalue weighted by atomic mass is 10.1. The standard InChI is InChI=1S/C8H11O2P/c1-6-4-3-5-7(2)8(6)10-11-9/h3-5,9,11H,1-2H3. The number of hydrogen-bond donors (Lipinski definition) is 1. The van der Waals surface area contributed by atoms with Gasteiger partial charge in [-0.25, -0.2) is 0 Å². The fourth-order valence-corrected chi connectivity index (χ4v) is 1.42. The number of rotatable bonds is 2. The fourth-order valence-electron chi connectivity index (χ4n) is 1.01. The van der Waals surface area contributed by atoms with Crippen molar-refractivity contribution >= 4 is 9.03 Å². The molecule has 0 aliphatic carbocycles. The van der Waals surface area contributed by atoms with Crippen LogP contribution in [-0.2, 0) is 0 Å². The largest absolute Gasteiger partial charge is 0.449 e. The maximum atomic E-state index is 8.57. The lowest BCUT2D eigenvalue weighted by Crippen LogP contribution is -1.86. The second kappa shape index (κ2) is 3.70. The first-order valence-electron chi connectivity index (χ1n) is 3.38. The van der Waals surface area contributed by atoms with Gasteiger partial charge >= 0.3 is 0 Å². The molecule has 1 aromatic rings. The molecule has 0 saturated carbocycles. The first-order chi connectivity index (χ1) is 5.25. The van der Waals surface area contributed by atoms with Gasteiger partial charge in [-0.05, 0) is 25.0 Å². The predicted octanol–water partition coefficient (Wildman–Crippen LogP) is 2.18. The van der Waals surface area contributed by atoms with E-state index in [1.807, 2.05) is 32.0 Å². The average molecular weight is 170 g/mol. The molecule has 1 aromatic carbocycles. The summed E-state index contributed by atoms with van der Waals surface area (Å²) in [6, 6.07) is 5.89. The van der Waals surface area contributed by atoms with Crippen molar-refractivity contribution in [1.82, 2.24) is 0 Å². The van der Waals surface area contributed by atoms with Gasteiger partial charge in [0.05, 0.1) is 0 Å². The van der Waals surface area contributed by atoms with Crippen LogP contribution in [0.25, 0.3) is 0 Å². The van der Waals surface area contributed by atoms with E-state index in [1.165, 1.54) is 0 Å². The van der Waals surface area contributed by atoms with Gasteiger partial charge in [0.25, 0.3) is 0 Å². The first kappa shape index (κ1) is 8.51. The molecule has 1 atom stereocenters. The molecule has 0 saturated heterocycles. The monoisotopic (exact) mass is 170 g/mol. The summed E-state index contributed by atoms with van der Waals surface area (Å²) in [5, 5.41) is 0. The smallest absolute Gasteiger partial charge is 0.212 e. The van der Waals surface area contributed by atoms with Crippen LogP contribution >= 0.6 is 9.03 Å². The molecule has 0 aromatic heterocycles. The quantitative estimate of drug-likeness (QED) is 0.689. The van der Waals surface area contributed by atoms with Gasteiger partial charge in [-0.2, -0.15) is 0 Å². The summed E-state index contributed by atoms with van der Waals surface area (Å²) in [4.78, 5) is 8.57. The second-order valence-electron chi connectivity index (χ2n) is 2.41. The highest BCUT2D eigenvalue weighted by Gasteiger charge is 2.00. The molecule has 11 heavy (non-hydrogen) atoms. The Balaban J connectivity index is 3.00. The van der Waals surface area contributed by atoms with Crippen LogP contribution < -0.4 is 4.52 Å². The van der Waals surface area contributed by atoms with Crippen molar-refractivity contribution in [3.63, 3.8) is 0 Å². The van der Waals surface area contributed by atoms with E-state index in [0.717, 1.165) is 16.9 Å². The Morgan fingerprint density at radius 3 is 2.27 bits per heavy atom. The third-order valence-electron chi connectivity index (χ3n) is 1.56. The van der Waals surface area contributed by atoms with Crippen LogP contribution in [0.4, 0.5) is 0 Å². The van der Waals surface area contributed by atoms with E-state index in [1.54, 1.807) is 0 Å². The Hall–Kier alpha value is -0.590. The fraction of sp³-hybridized carbons (Fsp3) is 0.250. The summed E-state index contributed by atoms with van der Waals surface area (Å²) < 4.78 is 5.05. The van der Waals surface area contributed by atoms with Crippen molar-refractivity contribution in [3.05, 3.63) is 29.3 Å². The molecule has 0 radical (unpaired) electrons. The minimum Gasteiger partial charge on any atom is -0.449 e. The Bertz CT molecular complexity index is 228. The molecule has 0 heterocycles. The summed E-state index contributed by atoms with van der Waals surface area (Å²) in [7, 11) is -0.472. The first-order valence-corrected chi connectivity index (χ1v) is 4.23. The van der Waals surface area contributed by atoms with E-state index in [4.69, 9.17) is 9.42 Å². The lowest BCUT2D eigenvalue weighted by Gasteiger charge is -2.07. The maximum Gasteiger partial charge on any atom is 0.212 e. The summed E-state index contributed by atoms with van der Waals surface area (Å²) in [5.41, 5.74) is 2.12. The molecule has 60 valence electrons. The van der Waals surface area contributed by atoms with Crippen molar-refractivity contribution in [2.75, 3.05) is 0 Å². The SMILES string of the molecule is Cc1cccc(C)c1OPO. The van der Waals surface area contributed by atoms with Gasteiger partial charge in [0, 0.05) is 0 Å². The number of benzene rings is 1. The van der Waals surface area contributed by atoms with Gasteiger partial charge in [0.1, 0.15) is 5.75 Å². The minimum absolute atomic E-state index is 0.472. The van der Waals surface area contributed by atoms with Crippen molar-refractivity contribution in [3.8, 4) is 5.75 Å². The van der Waals surface area contributed by atoms with Gasteiger partial charge < -0.3 is 9.42 Å². The van der Waals surface area contributed by atoms with Crippen LogP contribution in [0.2, 0.25) is 0 Å². The molecule has 0 fully saturated rings. The van der Waals surface area contributed by atoms with Gasteiger partial charge in [-0.1, -0.05) is 18.2 Å². The van der Waals surface area contributed by atoms with Crippen LogP contribution in [0.5, 0.6) is 5.75 Å². The van der Waals surface area contributed by atoms with Crippen LogP contribution in [0.1, 0.15) is 11.1 Å². The molecule has 0 amide bonds. The predicted molar refractivity (Wildman–Crippen MR) is 47.1 cm³/mol. The van der Waals surface area contributed by atoms with Crippen LogP contribution in [-0.4, -0.2) is 4.89 Å². The molecule has 1 rings (SSSR count). The molecule has 1 N–H and O–H groups in total. The molecule has 2 nitrogen and oxygen atoms in total. The van der Waals surface area contributed by atoms with Gasteiger partial charge in [-0.3, -0.25) is 0 Å². The molecule has 0 bridgehead atoms. The molecule has 0 spiro atoms. The normalized spacial score (nSPS) is 10.8. The minimum atomic E-state index is -0.472. The molecule has 3 heteroatoms. The van der Waals surface area contributed by atoms with Crippen molar-refractivity contribution in [1.29, 1.82) is 0 Å². The summed E-state index contributed by atoms with van der Waals surface area (Å²) in [6.45, 7) is 3.92. The van der Waals surface area contributed by atoms with E-state index in [2.05, 4.69) is 0 Å². The highest BCUT2D eigenvalue weighted by molar-refractivity contribution is 7.25. The molecular formula is C8H11O2P. The molecule has 1 unspecified atom stereocenters. The summed E-state index contributed by atoms with van der Waals surface area (Å²) in [5.74, 6) is 0.799. The van der Waals surface area contributed by atoms with Crippen LogP contribution in [0.15, 0.2) is 18.2 Å². The third kappa shape index (κ3) is 1.92. The number of para-hydroxylation sites is 1. The highest BCUT2D eigenvalue weighted by Crippen LogP contribution is 2.26. The van der Waals surface area contributed by atoms with Crippen molar-refractivity contribution in [2.24, 2.45) is 0 Å². The summed E-state index contributed by atoms with van der Waals surface area (Å²) >= 11 is 0. The van der Waals surface area contributed by atoms with E-state index < -0.39 is 9.03 Å². The van der Waals surface area contributed by atoms with Gasteiger partial charge in [0.15, 0.2) is 0 Å². The topological polar surface area (TPSA) is 29.5 Å². The van der Waals surface area contributed by atoms with Crippen molar-refractivity contribution < 1.29 is 9.42 Å². The Kier molecular flexibility index (Phi) is 2.86. The second-order valence-corrected chi connectivity index (χ2v) is 2.80. The Morgan fingerprint density at radius 1 is 1.27 bits per heavy atom. The van der Waals surface area contributed by atoms with Gasteiger partial charge in [-0.15, -0.1) is 0 Å². The van der Waals surface area contributed by atoms with E-state index >= 15 is 0 Å². The van der Waals surface area contributed by atoms with Gasteiger partial charge in [0.2, 0.25) is 9.03 Å². The number of hydrogen-bond acceptors (Lipinski definition) is 2. The third-order valence-corrected chi connectivity index (χ3v) is 1.85. The zero-order chi connectivity index (χ0) is 8.27.